The number of Topliss-reactive ketones (excluding diaryl/α,β-unsaturated/α-hetero) is 1. The minimum atomic E-state index is -0.390. The first kappa shape index (κ1) is 16.7. The van der Waals surface area contributed by atoms with Gasteiger partial charge < -0.3 is 4.74 Å². The maximum absolute atomic E-state index is 12.5. The van der Waals surface area contributed by atoms with E-state index in [1.807, 2.05) is 20.8 Å². The molecule has 0 aromatic rings. The van der Waals surface area contributed by atoms with Gasteiger partial charge in [0.2, 0.25) is 0 Å². The second-order valence-corrected chi connectivity index (χ2v) is 7.28. The van der Waals surface area contributed by atoms with Crippen LogP contribution < -0.4 is 0 Å². The van der Waals surface area contributed by atoms with Gasteiger partial charge in [0.1, 0.15) is 6.10 Å². The van der Waals surface area contributed by atoms with Crippen LogP contribution in [-0.4, -0.2) is 17.9 Å². The van der Waals surface area contributed by atoms with E-state index < -0.39 is 6.10 Å². The Kier molecular flexibility index (Phi) is 4.46. The summed E-state index contributed by atoms with van der Waals surface area (Å²) in [6, 6.07) is 0. The molecule has 120 valence electrons. The molecule has 0 aliphatic heterocycles. The second-order valence-electron chi connectivity index (χ2n) is 7.28. The Morgan fingerprint density at radius 3 is 2.59 bits per heavy atom. The number of rotatable bonds is 5. The van der Waals surface area contributed by atoms with Crippen LogP contribution in [-0.2, 0) is 14.3 Å². The van der Waals surface area contributed by atoms with E-state index in [1.165, 1.54) is 5.57 Å². The van der Waals surface area contributed by atoms with Crippen molar-refractivity contribution in [3.8, 4) is 0 Å². The molecule has 0 aromatic carbocycles. The predicted octanol–water partition coefficient (Wildman–Crippen LogP) is 4.00. The molecule has 2 aliphatic carbocycles. The number of hydrogen-bond donors (Lipinski definition) is 0. The summed E-state index contributed by atoms with van der Waals surface area (Å²) in [6.45, 7) is 13.8. The van der Waals surface area contributed by atoms with Gasteiger partial charge in [0.05, 0.1) is 12.3 Å². The molecular formula is C19H26O3. The van der Waals surface area contributed by atoms with Crippen molar-refractivity contribution in [1.29, 1.82) is 0 Å². The summed E-state index contributed by atoms with van der Waals surface area (Å²) in [6.07, 6.45) is 4.31. The molecule has 2 rings (SSSR count). The summed E-state index contributed by atoms with van der Waals surface area (Å²) >= 11 is 0. The van der Waals surface area contributed by atoms with Crippen molar-refractivity contribution in [3.63, 3.8) is 0 Å². The highest BCUT2D eigenvalue weighted by molar-refractivity contribution is 6.00. The third-order valence-corrected chi connectivity index (χ3v) is 4.95. The SMILES string of the molecule is C=CCC1=C(C)[C@@H](OC(=O)[C@H]2[C@H](C=C(C)C)C2(C)C)CC1=O. The van der Waals surface area contributed by atoms with E-state index in [1.54, 1.807) is 6.08 Å². The van der Waals surface area contributed by atoms with Gasteiger partial charge in [-0.1, -0.05) is 31.6 Å². The molecule has 3 atom stereocenters. The first-order valence-electron chi connectivity index (χ1n) is 7.89. The molecule has 1 fully saturated rings. The first-order chi connectivity index (χ1) is 10.2. The van der Waals surface area contributed by atoms with Crippen molar-refractivity contribution in [3.05, 3.63) is 35.5 Å². The zero-order valence-electron chi connectivity index (χ0n) is 14.2. The van der Waals surface area contributed by atoms with E-state index in [2.05, 4.69) is 26.5 Å². The van der Waals surface area contributed by atoms with Crippen LogP contribution in [0.15, 0.2) is 35.5 Å². The molecule has 0 amide bonds. The minimum Gasteiger partial charge on any atom is -0.457 e. The van der Waals surface area contributed by atoms with Crippen LogP contribution in [0.2, 0.25) is 0 Å². The Hall–Kier alpha value is -1.64. The second kappa shape index (κ2) is 5.86. The van der Waals surface area contributed by atoms with Crippen LogP contribution in [0.4, 0.5) is 0 Å². The maximum atomic E-state index is 12.5. The molecule has 0 saturated heterocycles. The lowest BCUT2D eigenvalue weighted by molar-refractivity contribution is -0.150. The van der Waals surface area contributed by atoms with Gasteiger partial charge in [-0.05, 0) is 44.1 Å². The van der Waals surface area contributed by atoms with Crippen LogP contribution in [0.3, 0.4) is 0 Å². The molecule has 22 heavy (non-hydrogen) atoms. The Morgan fingerprint density at radius 1 is 1.41 bits per heavy atom. The maximum Gasteiger partial charge on any atom is 0.310 e. The molecule has 3 nitrogen and oxygen atoms in total. The number of ether oxygens (including phenoxy) is 1. The number of hydrogen-bond acceptors (Lipinski definition) is 3. The number of allylic oxidation sites excluding steroid dienone is 4. The molecule has 0 unspecified atom stereocenters. The topological polar surface area (TPSA) is 43.4 Å². The molecule has 0 N–H and O–H groups in total. The number of esters is 1. The molecule has 0 aromatic heterocycles. The van der Waals surface area contributed by atoms with Gasteiger partial charge in [-0.3, -0.25) is 9.59 Å². The highest BCUT2D eigenvalue weighted by Gasteiger charge is 2.61. The summed E-state index contributed by atoms with van der Waals surface area (Å²) in [5.41, 5.74) is 2.80. The fourth-order valence-corrected chi connectivity index (χ4v) is 3.42. The largest absolute Gasteiger partial charge is 0.457 e. The smallest absolute Gasteiger partial charge is 0.310 e. The van der Waals surface area contributed by atoms with E-state index in [0.717, 1.165) is 11.1 Å². The van der Waals surface area contributed by atoms with Crippen molar-refractivity contribution in [2.75, 3.05) is 0 Å². The van der Waals surface area contributed by atoms with Crippen molar-refractivity contribution < 1.29 is 14.3 Å². The predicted molar refractivity (Wildman–Crippen MR) is 87.2 cm³/mol. The molecular weight excluding hydrogens is 276 g/mol. The summed E-state index contributed by atoms with van der Waals surface area (Å²) in [5.74, 6) is 0.0309. The molecule has 0 bridgehead atoms. The van der Waals surface area contributed by atoms with Crippen molar-refractivity contribution in [2.24, 2.45) is 17.3 Å². The summed E-state index contributed by atoms with van der Waals surface area (Å²) in [7, 11) is 0. The number of carbonyl (C=O) groups excluding carboxylic acids is 2. The monoisotopic (exact) mass is 302 g/mol. The quantitative estimate of drug-likeness (QED) is 0.569. The first-order valence-corrected chi connectivity index (χ1v) is 7.89. The fraction of sp³-hybridized carbons (Fsp3) is 0.579. The molecule has 0 heterocycles. The lowest BCUT2D eigenvalue weighted by atomic mass is 10.1. The van der Waals surface area contributed by atoms with E-state index in [0.29, 0.717) is 6.42 Å². The van der Waals surface area contributed by atoms with Gasteiger partial charge in [-0.15, -0.1) is 6.58 Å². The highest BCUT2D eigenvalue weighted by atomic mass is 16.5. The highest BCUT2D eigenvalue weighted by Crippen LogP contribution is 2.60. The third-order valence-electron chi connectivity index (χ3n) is 4.95. The van der Waals surface area contributed by atoms with Gasteiger partial charge in [0.25, 0.3) is 0 Å². The van der Waals surface area contributed by atoms with Gasteiger partial charge >= 0.3 is 5.97 Å². The fourth-order valence-electron chi connectivity index (χ4n) is 3.42. The summed E-state index contributed by atoms with van der Waals surface area (Å²) in [4.78, 5) is 24.5. The summed E-state index contributed by atoms with van der Waals surface area (Å²) < 4.78 is 5.66. The Labute approximate surface area is 133 Å². The minimum absolute atomic E-state index is 0.0570. The lowest BCUT2D eigenvalue weighted by Gasteiger charge is -2.13. The standard InChI is InChI=1S/C19H26O3/c1-7-8-13-12(4)16(10-15(13)20)22-18(21)17-14(9-11(2)3)19(17,5)6/h7,9,14,16-17H,1,8,10H2,2-6H3/t14-,16-,17+/m0/s1. The average molecular weight is 302 g/mol. The third kappa shape index (κ3) is 2.94. The molecule has 0 spiro atoms. The Morgan fingerprint density at radius 2 is 2.05 bits per heavy atom. The van der Waals surface area contributed by atoms with Gasteiger partial charge in [0.15, 0.2) is 5.78 Å². The van der Waals surface area contributed by atoms with Crippen molar-refractivity contribution in [1.82, 2.24) is 0 Å². The van der Waals surface area contributed by atoms with Crippen LogP contribution in [0.5, 0.6) is 0 Å². The van der Waals surface area contributed by atoms with Crippen molar-refractivity contribution in [2.45, 2.75) is 53.6 Å². The van der Waals surface area contributed by atoms with Crippen LogP contribution in [0, 0.1) is 17.3 Å². The molecule has 0 radical (unpaired) electrons. The van der Waals surface area contributed by atoms with E-state index >= 15 is 0 Å². The van der Waals surface area contributed by atoms with Crippen LogP contribution in [0.1, 0.15) is 47.5 Å². The average Bonchev–Trinajstić information content (AvgIpc) is 2.83. The normalized spacial score (nSPS) is 29.3. The molecule has 2 aliphatic rings. The van der Waals surface area contributed by atoms with E-state index in [4.69, 9.17) is 4.74 Å². The van der Waals surface area contributed by atoms with Gasteiger partial charge in [0, 0.05) is 5.57 Å². The van der Waals surface area contributed by atoms with Crippen molar-refractivity contribution >= 4 is 11.8 Å². The van der Waals surface area contributed by atoms with Gasteiger partial charge in [-0.25, -0.2) is 0 Å². The zero-order valence-corrected chi connectivity index (χ0v) is 14.2. The van der Waals surface area contributed by atoms with E-state index in [9.17, 15) is 9.59 Å². The molecule has 3 heteroatoms. The Bertz CT molecular complexity index is 573. The van der Waals surface area contributed by atoms with Crippen LogP contribution >= 0.6 is 0 Å². The number of carbonyl (C=O) groups is 2. The number of ketones is 1. The lowest BCUT2D eigenvalue weighted by Crippen LogP contribution is -2.20. The zero-order chi connectivity index (χ0) is 16.7. The van der Waals surface area contributed by atoms with E-state index in [-0.39, 0.29) is 35.4 Å². The Balaban J connectivity index is 2.07. The van der Waals surface area contributed by atoms with Gasteiger partial charge in [-0.2, -0.15) is 0 Å². The van der Waals surface area contributed by atoms with Crippen LogP contribution in [0.25, 0.3) is 0 Å². The molecule has 1 saturated carbocycles. The summed E-state index contributed by atoms with van der Waals surface area (Å²) in [5, 5.41) is 0.